The summed E-state index contributed by atoms with van der Waals surface area (Å²) in [6.45, 7) is 2.88. The minimum absolute atomic E-state index is 0.0411. The van der Waals surface area contributed by atoms with Crippen LogP contribution in [-0.2, 0) is 16.1 Å². The molecule has 0 spiro atoms. The van der Waals surface area contributed by atoms with E-state index in [2.05, 4.69) is 32.3 Å². The summed E-state index contributed by atoms with van der Waals surface area (Å²) < 4.78 is 15.8. The summed E-state index contributed by atoms with van der Waals surface area (Å²) in [5.41, 5.74) is 14.0. The number of H-pyrrole nitrogens is 1. The van der Waals surface area contributed by atoms with Gasteiger partial charge in [-0.05, 0) is 54.9 Å². The van der Waals surface area contributed by atoms with Crippen LogP contribution in [0.25, 0.3) is 27.4 Å². The number of carbonyl (C=O) groups is 3. The van der Waals surface area contributed by atoms with Crippen molar-refractivity contribution in [1.29, 1.82) is 0 Å². The maximum absolute atomic E-state index is 14.5. The average molecular weight is 544 g/mol. The van der Waals surface area contributed by atoms with Crippen LogP contribution >= 0.6 is 0 Å². The second-order valence-corrected chi connectivity index (χ2v) is 9.28. The number of nitrogens with zero attached hydrogens (tertiary/aromatic N) is 5. The van der Waals surface area contributed by atoms with Crippen molar-refractivity contribution in [2.45, 2.75) is 25.2 Å². The Bertz CT molecular complexity index is 1700. The highest BCUT2D eigenvalue weighted by atomic mass is 19.1. The van der Waals surface area contributed by atoms with Crippen LogP contribution in [-0.4, -0.2) is 68.1 Å². The lowest BCUT2D eigenvalue weighted by atomic mass is 10.0. The van der Waals surface area contributed by atoms with E-state index in [1.54, 1.807) is 48.7 Å². The molecule has 0 saturated carbocycles. The summed E-state index contributed by atoms with van der Waals surface area (Å²) in [4.78, 5) is 43.6. The Hall–Kier alpha value is -5.33. The van der Waals surface area contributed by atoms with Crippen LogP contribution in [0.3, 0.4) is 0 Å². The lowest BCUT2D eigenvalue weighted by Crippen LogP contribution is -2.44. The van der Waals surface area contributed by atoms with Gasteiger partial charge in [-0.15, -0.1) is 0 Å². The molecule has 1 unspecified atom stereocenters. The maximum atomic E-state index is 14.5. The number of nitrogens with one attached hydrogen (secondary N) is 2. The Kier molecular flexibility index (Phi) is 7.10. The fourth-order valence-corrected chi connectivity index (χ4v) is 4.85. The zero-order chi connectivity index (χ0) is 28.4. The molecule has 1 aliphatic heterocycles. The predicted octanol–water partition coefficient (Wildman–Crippen LogP) is 2.10. The Balaban J connectivity index is 1.40. The molecule has 3 heterocycles. The number of benzene rings is 2. The third-order valence-corrected chi connectivity index (χ3v) is 6.69. The first kappa shape index (κ1) is 26.3. The number of anilines is 1. The van der Waals surface area contributed by atoms with E-state index < -0.39 is 29.9 Å². The van der Waals surface area contributed by atoms with E-state index in [1.807, 2.05) is 0 Å². The highest BCUT2D eigenvalue weighted by Gasteiger charge is 2.40. The summed E-state index contributed by atoms with van der Waals surface area (Å²) in [5, 5.41) is 15.1. The number of alkyl halides is 1. The molecule has 12 nitrogen and oxygen atoms in total. The minimum Gasteiger partial charge on any atom is -0.405 e. The van der Waals surface area contributed by atoms with Crippen LogP contribution in [0.5, 0.6) is 0 Å². The van der Waals surface area contributed by atoms with Crippen LogP contribution in [0.2, 0.25) is 0 Å². The van der Waals surface area contributed by atoms with Gasteiger partial charge in [0.2, 0.25) is 11.8 Å². The van der Waals surface area contributed by atoms with Crippen molar-refractivity contribution in [3.8, 4) is 0 Å². The number of halogens is 1. The number of hydrogen-bond donors (Lipinski definition) is 4. The average Bonchev–Trinajstić information content (AvgIpc) is 3.65. The molecule has 2 aromatic carbocycles. The Labute approximate surface area is 227 Å². The molecular weight excluding hydrogens is 517 g/mol. The molecule has 1 aliphatic rings. The third-order valence-electron chi connectivity index (χ3n) is 6.69. The van der Waals surface area contributed by atoms with Gasteiger partial charge < -0.3 is 21.7 Å². The number of hydrogen-bond acceptors (Lipinski definition) is 7. The van der Waals surface area contributed by atoms with Crippen LogP contribution in [0.1, 0.15) is 22.5 Å². The largest absolute Gasteiger partial charge is 0.405 e. The third kappa shape index (κ3) is 5.04. The monoisotopic (exact) mass is 543 g/mol. The Morgan fingerprint density at radius 2 is 2.08 bits per heavy atom. The first-order valence-corrected chi connectivity index (χ1v) is 12.3. The van der Waals surface area contributed by atoms with Crippen LogP contribution in [0.4, 0.5) is 10.1 Å². The SMILES string of the molecule is C=N/C=C(\C=C/N)c1ccc2c(c1)c(C(N)=O)nn2CC(=O)N1C[C@H](F)CC1C(=O)Nc1ccc2cn[nH]c2c1. The number of carbonyl (C=O) groups excluding carboxylic acids is 3. The molecule has 40 heavy (non-hydrogen) atoms. The number of likely N-dealkylation sites (tertiary alicyclic amines) is 1. The quantitative estimate of drug-likeness (QED) is 0.195. The summed E-state index contributed by atoms with van der Waals surface area (Å²) in [6, 6.07) is 9.27. The van der Waals surface area contributed by atoms with Gasteiger partial charge in [-0.2, -0.15) is 10.2 Å². The molecule has 3 amide bonds. The van der Waals surface area contributed by atoms with Gasteiger partial charge in [-0.25, -0.2) is 4.39 Å². The molecule has 0 radical (unpaired) electrons. The molecule has 0 aliphatic carbocycles. The molecule has 204 valence electrons. The standard InChI is InChI=1S/C27H26FN9O3/c1-31-11-16(6-7-29)15-3-5-22-20(8-15)25(26(30)39)35-37(22)14-24(38)36-13-18(28)9-23(36)27(40)33-19-4-2-17-12-32-34-21(17)10-19/h2-8,10-12,18,23H,1,9,13-14,29H2,(H2,30,39)(H,32,34)(H,33,40)/b7-6-,16-11+/t18-,23?/m1/s1. The zero-order valence-corrected chi connectivity index (χ0v) is 21.3. The van der Waals surface area contributed by atoms with Crippen molar-refractivity contribution in [1.82, 2.24) is 24.9 Å². The molecule has 4 aromatic rings. The van der Waals surface area contributed by atoms with E-state index in [0.29, 0.717) is 27.7 Å². The maximum Gasteiger partial charge on any atom is 0.269 e. The second kappa shape index (κ2) is 10.8. The fraction of sp³-hybridized carbons (Fsp3) is 0.185. The molecule has 2 aromatic heterocycles. The molecule has 5 rings (SSSR count). The highest BCUT2D eigenvalue weighted by molar-refractivity contribution is 6.05. The topological polar surface area (TPSA) is 177 Å². The van der Waals surface area contributed by atoms with Crippen molar-refractivity contribution in [2.24, 2.45) is 16.5 Å². The van der Waals surface area contributed by atoms with Gasteiger partial charge in [-0.3, -0.25) is 29.2 Å². The van der Waals surface area contributed by atoms with Crippen LogP contribution in [0.15, 0.2) is 66.1 Å². The van der Waals surface area contributed by atoms with Gasteiger partial charge in [0.25, 0.3) is 5.91 Å². The van der Waals surface area contributed by atoms with Gasteiger partial charge >= 0.3 is 0 Å². The molecule has 2 atom stereocenters. The van der Waals surface area contributed by atoms with Crippen molar-refractivity contribution >= 4 is 57.5 Å². The number of fused-ring (bicyclic) bond motifs is 2. The number of aromatic amines is 1. The summed E-state index contributed by atoms with van der Waals surface area (Å²) in [7, 11) is 0. The summed E-state index contributed by atoms with van der Waals surface area (Å²) in [6.07, 6.45) is 4.61. The molecule has 0 bridgehead atoms. The number of allylic oxidation sites excluding steroid dienone is 2. The van der Waals surface area contributed by atoms with Gasteiger partial charge in [0.1, 0.15) is 18.8 Å². The smallest absolute Gasteiger partial charge is 0.269 e. The van der Waals surface area contributed by atoms with E-state index in [1.165, 1.54) is 22.0 Å². The second-order valence-electron chi connectivity index (χ2n) is 9.28. The van der Waals surface area contributed by atoms with Crippen LogP contribution in [0, 0.1) is 0 Å². The fourth-order valence-electron chi connectivity index (χ4n) is 4.85. The van der Waals surface area contributed by atoms with Crippen molar-refractivity contribution in [2.75, 3.05) is 11.9 Å². The first-order valence-electron chi connectivity index (χ1n) is 12.3. The number of amides is 3. The summed E-state index contributed by atoms with van der Waals surface area (Å²) >= 11 is 0. The van der Waals surface area contributed by atoms with E-state index in [0.717, 1.165) is 10.9 Å². The zero-order valence-electron chi connectivity index (χ0n) is 21.3. The van der Waals surface area contributed by atoms with E-state index in [9.17, 15) is 18.8 Å². The lowest BCUT2D eigenvalue weighted by Gasteiger charge is -2.23. The molecule has 1 saturated heterocycles. The highest BCUT2D eigenvalue weighted by Crippen LogP contribution is 2.27. The molecule has 6 N–H and O–H groups in total. The van der Waals surface area contributed by atoms with E-state index in [-0.39, 0.29) is 25.2 Å². The minimum atomic E-state index is -1.37. The Morgan fingerprint density at radius 1 is 1.25 bits per heavy atom. The van der Waals surface area contributed by atoms with E-state index >= 15 is 0 Å². The van der Waals surface area contributed by atoms with E-state index in [4.69, 9.17) is 11.5 Å². The lowest BCUT2D eigenvalue weighted by molar-refractivity contribution is -0.137. The van der Waals surface area contributed by atoms with Crippen molar-refractivity contribution < 1.29 is 18.8 Å². The van der Waals surface area contributed by atoms with Gasteiger partial charge in [-0.1, -0.05) is 6.07 Å². The number of aliphatic imine (C=N–C) groups is 1. The Morgan fingerprint density at radius 3 is 2.83 bits per heavy atom. The van der Waals surface area contributed by atoms with Gasteiger partial charge in [0.15, 0.2) is 5.69 Å². The normalized spacial score (nSPS) is 17.6. The van der Waals surface area contributed by atoms with Crippen molar-refractivity contribution in [3.63, 3.8) is 0 Å². The number of nitrogens with two attached hydrogens (primary N) is 2. The van der Waals surface area contributed by atoms with Gasteiger partial charge in [0, 0.05) is 34.7 Å². The summed E-state index contributed by atoms with van der Waals surface area (Å²) in [5.74, 6) is -1.83. The van der Waals surface area contributed by atoms with Crippen molar-refractivity contribution in [3.05, 3.63) is 72.3 Å². The number of rotatable bonds is 8. The first-order chi connectivity index (χ1) is 19.3. The number of primary amides is 1. The number of aromatic nitrogens is 4. The molecule has 1 fully saturated rings. The predicted molar refractivity (Wildman–Crippen MR) is 149 cm³/mol. The van der Waals surface area contributed by atoms with Gasteiger partial charge in [0.05, 0.1) is 23.8 Å². The molecule has 13 heteroatoms. The van der Waals surface area contributed by atoms with Crippen LogP contribution < -0.4 is 16.8 Å². The molecular formula is C27H26FN9O3.